The van der Waals surface area contributed by atoms with Crippen molar-refractivity contribution in [2.75, 3.05) is 19.6 Å². The van der Waals surface area contributed by atoms with Crippen molar-refractivity contribution in [1.82, 2.24) is 14.9 Å². The van der Waals surface area contributed by atoms with Crippen LogP contribution in [0.1, 0.15) is 50.3 Å². The minimum atomic E-state index is -3.53. The summed E-state index contributed by atoms with van der Waals surface area (Å²) < 4.78 is 28.2. The van der Waals surface area contributed by atoms with Crippen molar-refractivity contribution >= 4 is 16.1 Å². The number of hydrogen-bond acceptors (Lipinski definition) is 3. The monoisotopic (exact) mass is 395 g/mol. The summed E-state index contributed by atoms with van der Waals surface area (Å²) in [6.45, 7) is 13.3. The van der Waals surface area contributed by atoms with Gasteiger partial charge >= 0.3 is 6.03 Å². The van der Waals surface area contributed by atoms with Gasteiger partial charge in [-0.1, -0.05) is 6.07 Å². The number of carbonyl (C=O) groups is 1. The largest absolute Gasteiger partial charge is 0.333 e. The van der Waals surface area contributed by atoms with Crippen molar-refractivity contribution in [3.05, 3.63) is 28.8 Å². The Morgan fingerprint density at radius 2 is 1.63 bits per heavy atom. The van der Waals surface area contributed by atoms with E-state index in [4.69, 9.17) is 0 Å². The second kappa shape index (κ2) is 8.19. The van der Waals surface area contributed by atoms with E-state index in [1.165, 1.54) is 0 Å². The number of amides is 2. The highest BCUT2D eigenvalue weighted by Crippen LogP contribution is 2.22. The van der Waals surface area contributed by atoms with Gasteiger partial charge in [-0.05, 0) is 83.1 Å². The van der Waals surface area contributed by atoms with Crippen LogP contribution in [0.15, 0.2) is 17.0 Å². The number of nitrogens with one attached hydrogen (secondary N) is 2. The molecule has 2 N–H and O–H groups in total. The zero-order valence-electron chi connectivity index (χ0n) is 17.3. The predicted octanol–water partition coefficient (Wildman–Crippen LogP) is 3.11. The fourth-order valence-corrected chi connectivity index (χ4v) is 4.69. The lowest BCUT2D eigenvalue weighted by molar-refractivity contribution is 0.163. The first kappa shape index (κ1) is 21.7. The number of carbonyl (C=O) groups excluding carboxylic acids is 1. The maximum absolute atomic E-state index is 12.7. The van der Waals surface area contributed by atoms with Crippen LogP contribution in [0, 0.1) is 26.7 Å². The fraction of sp³-hybridized carbons (Fsp3) is 0.650. The van der Waals surface area contributed by atoms with Gasteiger partial charge in [-0.3, -0.25) is 0 Å². The third kappa shape index (κ3) is 5.94. The lowest BCUT2D eigenvalue weighted by Gasteiger charge is -2.34. The summed E-state index contributed by atoms with van der Waals surface area (Å²) in [6.07, 6.45) is 1.60. The summed E-state index contributed by atoms with van der Waals surface area (Å²) >= 11 is 0. The Kier molecular flexibility index (Phi) is 6.58. The Hall–Kier alpha value is -1.60. The van der Waals surface area contributed by atoms with Crippen LogP contribution in [0.2, 0.25) is 0 Å². The molecular weight excluding hydrogens is 362 g/mol. The van der Waals surface area contributed by atoms with Gasteiger partial charge < -0.3 is 10.2 Å². The van der Waals surface area contributed by atoms with Crippen LogP contribution >= 0.6 is 0 Å². The molecule has 0 saturated carbocycles. The summed E-state index contributed by atoms with van der Waals surface area (Å²) in [4.78, 5) is 14.4. The molecule has 2 amide bonds. The number of sulfonamides is 1. The molecule has 152 valence electrons. The number of hydrogen-bond donors (Lipinski definition) is 2. The average molecular weight is 396 g/mol. The van der Waals surface area contributed by atoms with E-state index in [-0.39, 0.29) is 17.5 Å². The lowest BCUT2D eigenvalue weighted by atomic mass is 9.97. The first-order valence-corrected chi connectivity index (χ1v) is 11.0. The highest BCUT2D eigenvalue weighted by atomic mass is 32.2. The topological polar surface area (TPSA) is 78.5 Å². The molecule has 27 heavy (non-hydrogen) atoms. The quantitative estimate of drug-likeness (QED) is 0.822. The Labute approximate surface area is 163 Å². The van der Waals surface area contributed by atoms with E-state index in [1.54, 1.807) is 6.07 Å². The van der Waals surface area contributed by atoms with E-state index in [0.717, 1.165) is 29.5 Å². The van der Waals surface area contributed by atoms with E-state index in [1.807, 2.05) is 52.5 Å². The first-order valence-electron chi connectivity index (χ1n) is 9.53. The number of nitrogens with zero attached hydrogens (tertiary/aromatic N) is 1. The van der Waals surface area contributed by atoms with Gasteiger partial charge in [-0.25, -0.2) is 17.9 Å². The summed E-state index contributed by atoms with van der Waals surface area (Å²) in [5, 5.41) is 2.97. The molecule has 0 atom stereocenters. The van der Waals surface area contributed by atoms with Crippen molar-refractivity contribution in [3.63, 3.8) is 0 Å². The number of piperidine rings is 1. The maximum Gasteiger partial charge on any atom is 0.317 e. The fourth-order valence-electron chi connectivity index (χ4n) is 3.27. The number of urea groups is 1. The molecule has 0 aliphatic carbocycles. The predicted molar refractivity (Wildman–Crippen MR) is 108 cm³/mol. The molecule has 0 unspecified atom stereocenters. The minimum absolute atomic E-state index is 0.0488. The normalized spacial score (nSPS) is 16.4. The molecular formula is C20H33N3O3S. The van der Waals surface area contributed by atoms with Crippen LogP contribution < -0.4 is 10.0 Å². The number of likely N-dealkylation sites (tertiary alicyclic amines) is 1. The second-order valence-corrected chi connectivity index (χ2v) is 10.4. The van der Waals surface area contributed by atoms with Crippen molar-refractivity contribution in [3.8, 4) is 0 Å². The Morgan fingerprint density at radius 1 is 1.07 bits per heavy atom. The average Bonchev–Trinajstić information content (AvgIpc) is 2.55. The molecule has 7 heteroatoms. The Morgan fingerprint density at radius 3 is 2.19 bits per heavy atom. The summed E-state index contributed by atoms with van der Waals surface area (Å²) in [5.74, 6) is 0.241. The molecule has 0 radical (unpaired) electrons. The van der Waals surface area contributed by atoms with Gasteiger partial charge in [0.25, 0.3) is 0 Å². The van der Waals surface area contributed by atoms with Gasteiger partial charge in [0.2, 0.25) is 10.0 Å². The number of rotatable bonds is 4. The van der Waals surface area contributed by atoms with Gasteiger partial charge in [-0.2, -0.15) is 0 Å². The highest BCUT2D eigenvalue weighted by molar-refractivity contribution is 7.89. The molecule has 1 heterocycles. The maximum atomic E-state index is 12.7. The number of benzene rings is 1. The molecule has 1 aliphatic heterocycles. The van der Waals surface area contributed by atoms with Crippen molar-refractivity contribution in [1.29, 1.82) is 0 Å². The minimum Gasteiger partial charge on any atom is -0.333 e. The molecule has 1 fully saturated rings. The summed E-state index contributed by atoms with van der Waals surface area (Å²) in [6, 6.07) is 3.61. The SMILES string of the molecule is Cc1cc(C)c(S(=O)(=O)NCC2CCN(C(=O)NC(C)(C)C)CC2)cc1C. The Balaban J connectivity index is 1.91. The molecule has 1 aromatic rings. The van der Waals surface area contributed by atoms with Gasteiger partial charge in [0.05, 0.1) is 4.90 Å². The van der Waals surface area contributed by atoms with Crippen molar-refractivity contribution in [2.45, 2.75) is 64.8 Å². The molecule has 0 bridgehead atoms. The van der Waals surface area contributed by atoms with Gasteiger partial charge in [-0.15, -0.1) is 0 Å². The van der Waals surface area contributed by atoms with Crippen LogP contribution in [-0.2, 0) is 10.0 Å². The van der Waals surface area contributed by atoms with Crippen LogP contribution in [0.25, 0.3) is 0 Å². The molecule has 0 aromatic heterocycles. The molecule has 1 aromatic carbocycles. The number of aryl methyl sites for hydroxylation is 3. The van der Waals surface area contributed by atoms with Crippen LogP contribution in [0.5, 0.6) is 0 Å². The van der Waals surface area contributed by atoms with Crippen LogP contribution in [0.3, 0.4) is 0 Å². The molecule has 1 aliphatic rings. The van der Waals surface area contributed by atoms with Crippen molar-refractivity contribution in [2.24, 2.45) is 5.92 Å². The molecule has 1 saturated heterocycles. The Bertz CT molecular complexity index is 789. The zero-order valence-corrected chi connectivity index (χ0v) is 18.2. The van der Waals surface area contributed by atoms with Gasteiger partial charge in [0.1, 0.15) is 0 Å². The van der Waals surface area contributed by atoms with E-state index in [0.29, 0.717) is 24.5 Å². The summed E-state index contributed by atoms with van der Waals surface area (Å²) in [7, 11) is -3.53. The van der Waals surface area contributed by atoms with Crippen LogP contribution in [0.4, 0.5) is 4.79 Å². The first-order chi connectivity index (χ1) is 12.4. The third-order valence-electron chi connectivity index (χ3n) is 5.03. The van der Waals surface area contributed by atoms with Crippen molar-refractivity contribution < 1.29 is 13.2 Å². The van der Waals surface area contributed by atoms with Gasteiger partial charge in [0, 0.05) is 25.2 Å². The highest BCUT2D eigenvalue weighted by Gasteiger charge is 2.26. The summed E-state index contributed by atoms with van der Waals surface area (Å²) in [5.41, 5.74) is 2.57. The van der Waals surface area contributed by atoms with Gasteiger partial charge in [0.15, 0.2) is 0 Å². The smallest absolute Gasteiger partial charge is 0.317 e. The zero-order chi connectivity index (χ0) is 20.4. The van der Waals surface area contributed by atoms with Crippen LogP contribution in [-0.4, -0.2) is 44.5 Å². The standard InChI is InChI=1S/C20H33N3O3S/c1-14-11-16(3)18(12-15(14)2)27(25,26)21-13-17-7-9-23(10-8-17)19(24)22-20(4,5)6/h11-12,17,21H,7-10,13H2,1-6H3,(H,22,24). The molecule has 6 nitrogen and oxygen atoms in total. The van der Waals surface area contributed by atoms with E-state index in [2.05, 4.69) is 10.0 Å². The second-order valence-electron chi connectivity index (χ2n) is 8.66. The molecule has 0 spiro atoms. The van der Waals surface area contributed by atoms with E-state index < -0.39 is 10.0 Å². The van der Waals surface area contributed by atoms with E-state index in [9.17, 15) is 13.2 Å². The van der Waals surface area contributed by atoms with E-state index >= 15 is 0 Å². The third-order valence-corrected chi connectivity index (χ3v) is 6.59. The molecule has 2 rings (SSSR count). The lowest BCUT2D eigenvalue weighted by Crippen LogP contribution is -2.51.